The molecule has 10 heteroatoms. The van der Waals surface area contributed by atoms with Crippen molar-refractivity contribution in [1.82, 2.24) is 0 Å². The molecule has 0 aromatic rings. The zero-order chi connectivity index (χ0) is 28.0. The quantitative estimate of drug-likeness (QED) is 0.294. The van der Waals surface area contributed by atoms with E-state index in [1.807, 2.05) is 34.6 Å². The van der Waals surface area contributed by atoms with Crippen molar-refractivity contribution in [3.05, 3.63) is 0 Å². The average Bonchev–Trinajstić information content (AvgIpc) is 3.17. The molecule has 0 saturated carbocycles. The van der Waals surface area contributed by atoms with E-state index in [-0.39, 0.29) is 30.6 Å². The van der Waals surface area contributed by atoms with E-state index in [1.54, 1.807) is 13.8 Å². The van der Waals surface area contributed by atoms with Gasteiger partial charge in [-0.1, -0.05) is 26.7 Å². The van der Waals surface area contributed by atoms with Gasteiger partial charge in [0.05, 0.1) is 37.6 Å². The van der Waals surface area contributed by atoms with E-state index in [9.17, 15) is 14.4 Å². The molecule has 2 unspecified atom stereocenters. The number of unbranched alkanes of at least 4 members (excludes halogenated alkanes) is 2. The molecule has 222 valence electrons. The van der Waals surface area contributed by atoms with Gasteiger partial charge in [0.25, 0.3) is 0 Å². The van der Waals surface area contributed by atoms with Crippen LogP contribution in [0.2, 0.25) is 0 Å². The molecule has 3 aliphatic heterocycles. The van der Waals surface area contributed by atoms with E-state index in [0.29, 0.717) is 45.7 Å². The van der Waals surface area contributed by atoms with Crippen molar-refractivity contribution in [3.63, 3.8) is 0 Å². The van der Waals surface area contributed by atoms with Gasteiger partial charge in [-0.15, -0.1) is 12.4 Å². The second kappa shape index (κ2) is 13.9. The summed E-state index contributed by atoms with van der Waals surface area (Å²) in [7, 11) is 0. The SMILES string of the molecule is CCCCOC(=O)C1(C)CC(=O)CC(C)(C)O1.CCCCOC(=O)C1(C)CC2(CC(C)(C)O1)OCCO2.Cl. The Kier molecular flexibility index (Phi) is 12.7. The van der Waals surface area contributed by atoms with Crippen LogP contribution in [0, 0.1) is 0 Å². The number of rotatable bonds is 8. The maximum atomic E-state index is 12.4. The van der Waals surface area contributed by atoms with E-state index >= 15 is 0 Å². The molecule has 3 fully saturated rings. The van der Waals surface area contributed by atoms with Crippen molar-refractivity contribution in [2.45, 2.75) is 135 Å². The molecule has 0 radical (unpaired) electrons. The number of ether oxygens (including phenoxy) is 6. The summed E-state index contributed by atoms with van der Waals surface area (Å²) in [5.74, 6) is -1.40. The summed E-state index contributed by atoms with van der Waals surface area (Å²) in [6, 6.07) is 0. The molecule has 1 spiro atoms. The van der Waals surface area contributed by atoms with Crippen LogP contribution in [-0.2, 0) is 42.8 Å². The molecule has 0 N–H and O–H groups in total. The molecule has 3 rings (SSSR count). The summed E-state index contributed by atoms with van der Waals surface area (Å²) in [4.78, 5) is 35.9. The minimum absolute atomic E-state index is 0. The Morgan fingerprint density at radius 2 is 1.21 bits per heavy atom. The fourth-order valence-corrected chi connectivity index (χ4v) is 5.36. The third kappa shape index (κ3) is 9.73. The van der Waals surface area contributed by atoms with Gasteiger partial charge in [0.15, 0.2) is 17.0 Å². The first kappa shape index (κ1) is 34.8. The zero-order valence-electron chi connectivity index (χ0n) is 24.6. The van der Waals surface area contributed by atoms with Gasteiger partial charge in [0.1, 0.15) is 5.78 Å². The Morgan fingerprint density at radius 1 is 0.737 bits per heavy atom. The Morgan fingerprint density at radius 3 is 1.68 bits per heavy atom. The van der Waals surface area contributed by atoms with Crippen LogP contribution >= 0.6 is 12.4 Å². The van der Waals surface area contributed by atoms with Gasteiger partial charge < -0.3 is 28.4 Å². The number of ketones is 1. The maximum Gasteiger partial charge on any atom is 0.338 e. The summed E-state index contributed by atoms with van der Waals surface area (Å²) in [5, 5.41) is 0. The second-order valence-electron chi connectivity index (χ2n) is 12.0. The Bertz CT molecular complexity index is 806. The maximum absolute atomic E-state index is 12.4. The summed E-state index contributed by atoms with van der Waals surface area (Å²) in [6.45, 7) is 17.0. The van der Waals surface area contributed by atoms with Crippen LogP contribution < -0.4 is 0 Å². The Labute approximate surface area is 234 Å². The number of carbonyl (C=O) groups excluding carboxylic acids is 3. The van der Waals surface area contributed by atoms with E-state index < -0.39 is 34.2 Å². The molecule has 3 saturated heterocycles. The summed E-state index contributed by atoms with van der Waals surface area (Å²) >= 11 is 0. The molecule has 0 amide bonds. The van der Waals surface area contributed by atoms with Gasteiger partial charge in [-0.2, -0.15) is 0 Å². The highest BCUT2D eigenvalue weighted by Crippen LogP contribution is 2.46. The number of Topliss-reactive ketones (excluding diaryl/α,β-unsaturated/α-hetero) is 1. The molecule has 0 bridgehead atoms. The first-order valence-electron chi connectivity index (χ1n) is 13.6. The average molecular weight is 565 g/mol. The van der Waals surface area contributed by atoms with Crippen LogP contribution in [0.5, 0.6) is 0 Å². The van der Waals surface area contributed by atoms with Crippen LogP contribution in [0.3, 0.4) is 0 Å². The molecule has 38 heavy (non-hydrogen) atoms. The summed E-state index contributed by atoms with van der Waals surface area (Å²) in [5.41, 5.74) is -3.21. The van der Waals surface area contributed by atoms with Crippen molar-refractivity contribution in [1.29, 1.82) is 0 Å². The largest absolute Gasteiger partial charge is 0.464 e. The lowest BCUT2D eigenvalue weighted by atomic mass is 9.83. The monoisotopic (exact) mass is 564 g/mol. The number of halogens is 1. The number of carbonyl (C=O) groups is 3. The highest BCUT2D eigenvalue weighted by molar-refractivity contribution is 5.90. The highest BCUT2D eigenvalue weighted by atomic mass is 35.5. The molecule has 0 aromatic heterocycles. The standard InChI is InChI=1S/C15H26O5.C13H22O4.ClH/c1-5-6-7-17-12(16)14(4)11-15(18-8-9-19-15)10-13(2,3)20-14;1-5-6-7-16-11(15)13(4)9-10(14)8-12(2,3)17-13;/h5-11H2,1-4H3;5-9H2,1-4H3;1H. The van der Waals surface area contributed by atoms with E-state index in [1.165, 1.54) is 0 Å². The first-order chi connectivity index (χ1) is 17.1. The predicted octanol–water partition coefficient (Wildman–Crippen LogP) is 5.09. The van der Waals surface area contributed by atoms with Crippen LogP contribution in [0.25, 0.3) is 0 Å². The first-order valence-corrected chi connectivity index (χ1v) is 13.6. The van der Waals surface area contributed by atoms with Gasteiger partial charge in [0, 0.05) is 25.7 Å². The van der Waals surface area contributed by atoms with Crippen molar-refractivity contribution in [3.8, 4) is 0 Å². The smallest absolute Gasteiger partial charge is 0.338 e. The minimum Gasteiger partial charge on any atom is -0.464 e. The molecule has 3 aliphatic rings. The third-order valence-electron chi connectivity index (χ3n) is 6.60. The van der Waals surface area contributed by atoms with Crippen molar-refractivity contribution in [2.75, 3.05) is 26.4 Å². The Balaban J connectivity index is 0.000000375. The van der Waals surface area contributed by atoms with Crippen molar-refractivity contribution in [2.24, 2.45) is 0 Å². The van der Waals surface area contributed by atoms with Crippen LogP contribution in [0.15, 0.2) is 0 Å². The van der Waals surface area contributed by atoms with Crippen LogP contribution in [0.4, 0.5) is 0 Å². The molecule has 0 aliphatic carbocycles. The topological polar surface area (TPSA) is 107 Å². The lowest BCUT2D eigenvalue weighted by Gasteiger charge is -2.48. The number of hydrogen-bond donors (Lipinski definition) is 0. The zero-order valence-corrected chi connectivity index (χ0v) is 25.4. The highest BCUT2D eigenvalue weighted by Gasteiger charge is 2.57. The Hall–Kier alpha value is -1.26. The van der Waals surface area contributed by atoms with E-state index in [2.05, 4.69) is 6.92 Å². The fourth-order valence-electron chi connectivity index (χ4n) is 5.36. The third-order valence-corrected chi connectivity index (χ3v) is 6.60. The van der Waals surface area contributed by atoms with E-state index in [4.69, 9.17) is 28.4 Å². The normalized spacial score (nSPS) is 29.0. The molecule has 9 nitrogen and oxygen atoms in total. The fraction of sp³-hybridized carbons (Fsp3) is 0.893. The minimum atomic E-state index is -1.12. The van der Waals surface area contributed by atoms with Gasteiger partial charge in [-0.25, -0.2) is 9.59 Å². The van der Waals surface area contributed by atoms with Gasteiger partial charge in [-0.3, -0.25) is 4.79 Å². The van der Waals surface area contributed by atoms with Crippen molar-refractivity contribution >= 4 is 30.1 Å². The number of hydrogen-bond acceptors (Lipinski definition) is 9. The van der Waals surface area contributed by atoms with Crippen LogP contribution in [0.1, 0.15) is 107 Å². The lowest BCUT2D eigenvalue weighted by molar-refractivity contribution is -0.290. The molecular formula is C28H49ClO9. The van der Waals surface area contributed by atoms with Gasteiger partial charge >= 0.3 is 11.9 Å². The van der Waals surface area contributed by atoms with Gasteiger partial charge in [-0.05, 0) is 54.4 Å². The predicted molar refractivity (Wildman–Crippen MR) is 144 cm³/mol. The van der Waals surface area contributed by atoms with Crippen LogP contribution in [-0.4, -0.2) is 72.3 Å². The van der Waals surface area contributed by atoms with Crippen molar-refractivity contribution < 1.29 is 42.8 Å². The molecule has 3 heterocycles. The van der Waals surface area contributed by atoms with E-state index in [0.717, 1.165) is 25.7 Å². The molecular weight excluding hydrogens is 516 g/mol. The summed E-state index contributed by atoms with van der Waals surface area (Å²) in [6.07, 6.45) is 5.13. The second-order valence-corrected chi connectivity index (χ2v) is 12.0. The number of esters is 2. The molecule has 0 aromatic carbocycles. The molecule has 2 atom stereocenters. The lowest BCUT2D eigenvalue weighted by Crippen LogP contribution is -2.59. The van der Waals surface area contributed by atoms with Gasteiger partial charge in [0.2, 0.25) is 0 Å². The summed E-state index contributed by atoms with van der Waals surface area (Å²) < 4.78 is 33.8.